The first-order valence-corrected chi connectivity index (χ1v) is 12.5. The maximum atomic E-state index is 13.5. The molecule has 0 N–H and O–H groups in total. The average Bonchev–Trinajstić information content (AvgIpc) is 3.41. The molecular formula is C27H24N4O5S. The van der Waals surface area contributed by atoms with E-state index in [0.29, 0.717) is 63.0 Å². The third kappa shape index (κ3) is 5.01. The Labute approximate surface area is 217 Å². The fourth-order valence-electron chi connectivity index (χ4n) is 3.82. The summed E-state index contributed by atoms with van der Waals surface area (Å²) in [7, 11) is 3.14. The molecule has 0 saturated heterocycles. The zero-order valence-electron chi connectivity index (χ0n) is 20.5. The molecule has 0 atom stereocenters. The molecule has 188 valence electrons. The normalized spacial score (nSPS) is 11.0. The van der Waals surface area contributed by atoms with Crippen molar-refractivity contribution >= 4 is 22.7 Å². The van der Waals surface area contributed by atoms with Gasteiger partial charge in [0.1, 0.15) is 5.75 Å². The highest BCUT2D eigenvalue weighted by Crippen LogP contribution is 2.32. The summed E-state index contributed by atoms with van der Waals surface area (Å²) < 4.78 is 23.7. The van der Waals surface area contributed by atoms with Gasteiger partial charge in [-0.15, -0.1) is 10.2 Å². The number of nitrogens with zero attached hydrogens (tertiary/aromatic N) is 4. The molecule has 0 saturated carbocycles. The van der Waals surface area contributed by atoms with Crippen molar-refractivity contribution in [2.75, 3.05) is 20.8 Å². The van der Waals surface area contributed by atoms with Crippen molar-refractivity contribution in [1.29, 1.82) is 0 Å². The van der Waals surface area contributed by atoms with Crippen LogP contribution in [0, 0.1) is 0 Å². The molecule has 0 spiro atoms. The van der Waals surface area contributed by atoms with Gasteiger partial charge in [0, 0.05) is 5.56 Å². The first-order chi connectivity index (χ1) is 18.1. The highest BCUT2D eigenvalue weighted by molar-refractivity contribution is 7.98. The van der Waals surface area contributed by atoms with Crippen molar-refractivity contribution < 1.29 is 18.6 Å². The largest absolute Gasteiger partial charge is 0.494 e. The second kappa shape index (κ2) is 10.8. The Morgan fingerprint density at radius 3 is 2.49 bits per heavy atom. The van der Waals surface area contributed by atoms with Crippen molar-refractivity contribution in [2.45, 2.75) is 17.8 Å². The van der Waals surface area contributed by atoms with Crippen LogP contribution in [-0.2, 0) is 5.75 Å². The highest BCUT2D eigenvalue weighted by atomic mass is 32.2. The first kappa shape index (κ1) is 24.4. The predicted molar refractivity (Wildman–Crippen MR) is 141 cm³/mol. The van der Waals surface area contributed by atoms with Gasteiger partial charge < -0.3 is 18.6 Å². The fraction of sp³-hybridized carbons (Fsp3) is 0.185. The minimum atomic E-state index is -0.159. The van der Waals surface area contributed by atoms with E-state index in [0.717, 1.165) is 5.75 Å². The van der Waals surface area contributed by atoms with Crippen LogP contribution in [0.3, 0.4) is 0 Å². The van der Waals surface area contributed by atoms with E-state index in [4.69, 9.17) is 23.6 Å². The first-order valence-electron chi connectivity index (χ1n) is 11.5. The van der Waals surface area contributed by atoms with Crippen molar-refractivity contribution in [3.8, 4) is 34.4 Å². The molecule has 0 fully saturated rings. The molecule has 0 amide bonds. The lowest BCUT2D eigenvalue weighted by Crippen LogP contribution is -2.21. The van der Waals surface area contributed by atoms with Crippen molar-refractivity contribution in [2.24, 2.45) is 0 Å². The summed E-state index contributed by atoms with van der Waals surface area (Å²) in [6.07, 6.45) is 0. The van der Waals surface area contributed by atoms with E-state index < -0.39 is 0 Å². The van der Waals surface area contributed by atoms with Crippen LogP contribution in [0.2, 0.25) is 0 Å². The number of rotatable bonds is 9. The SMILES string of the molecule is CCOc1ccc(-n2c(SCc3nnc(-c4ccc(OC)c(OC)c4)o3)nc3ccccc3c2=O)cc1. The molecule has 2 heterocycles. The van der Waals surface area contributed by atoms with E-state index in [1.807, 2.05) is 55.5 Å². The number of thioether (sulfide) groups is 1. The summed E-state index contributed by atoms with van der Waals surface area (Å²) in [6.45, 7) is 2.49. The predicted octanol–water partition coefficient (Wildman–Crippen LogP) is 5.14. The molecule has 5 rings (SSSR count). The Kier molecular flexibility index (Phi) is 7.09. The zero-order valence-corrected chi connectivity index (χ0v) is 21.3. The number of ether oxygens (including phenoxy) is 3. The van der Waals surface area contributed by atoms with Gasteiger partial charge in [-0.3, -0.25) is 9.36 Å². The van der Waals surface area contributed by atoms with Crippen molar-refractivity contribution in [3.63, 3.8) is 0 Å². The van der Waals surface area contributed by atoms with Gasteiger partial charge in [-0.25, -0.2) is 4.98 Å². The minimum absolute atomic E-state index is 0.159. The van der Waals surface area contributed by atoms with Gasteiger partial charge in [0.05, 0.1) is 43.2 Å². The summed E-state index contributed by atoms with van der Waals surface area (Å²) in [6, 6.07) is 20.0. The van der Waals surface area contributed by atoms with E-state index >= 15 is 0 Å². The molecule has 5 aromatic rings. The van der Waals surface area contributed by atoms with Crippen LogP contribution >= 0.6 is 11.8 Å². The summed E-state index contributed by atoms with van der Waals surface area (Å²) >= 11 is 1.34. The topological polar surface area (TPSA) is 102 Å². The molecule has 0 aliphatic rings. The lowest BCUT2D eigenvalue weighted by Gasteiger charge is -2.13. The van der Waals surface area contributed by atoms with Gasteiger partial charge in [0.2, 0.25) is 11.8 Å². The van der Waals surface area contributed by atoms with E-state index in [2.05, 4.69) is 10.2 Å². The molecular weight excluding hydrogens is 492 g/mol. The van der Waals surface area contributed by atoms with Gasteiger partial charge in [0.25, 0.3) is 5.56 Å². The van der Waals surface area contributed by atoms with Crippen LogP contribution in [0.15, 0.2) is 81.1 Å². The van der Waals surface area contributed by atoms with E-state index in [9.17, 15) is 4.79 Å². The molecule has 3 aromatic carbocycles. The number of hydrogen-bond acceptors (Lipinski definition) is 9. The van der Waals surface area contributed by atoms with Crippen LogP contribution in [0.25, 0.3) is 28.0 Å². The number of benzene rings is 3. The third-order valence-electron chi connectivity index (χ3n) is 5.57. The summed E-state index contributed by atoms with van der Waals surface area (Å²) in [5.41, 5.74) is 1.85. The molecule has 0 unspecified atom stereocenters. The van der Waals surface area contributed by atoms with Crippen LogP contribution in [0.1, 0.15) is 12.8 Å². The minimum Gasteiger partial charge on any atom is -0.494 e. The summed E-state index contributed by atoms with van der Waals surface area (Å²) in [4.78, 5) is 18.2. The standard InChI is InChI=1S/C27H24N4O5S/c1-4-35-19-12-10-18(11-13-19)31-26(32)20-7-5-6-8-21(20)28-27(31)37-16-24-29-30-25(36-24)17-9-14-22(33-2)23(15-17)34-3/h5-15H,4,16H2,1-3H3. The highest BCUT2D eigenvalue weighted by Gasteiger charge is 2.17. The molecule has 0 aliphatic carbocycles. The van der Waals surface area contributed by atoms with Crippen LogP contribution < -0.4 is 19.8 Å². The zero-order chi connectivity index (χ0) is 25.8. The molecule has 0 bridgehead atoms. The second-order valence-electron chi connectivity index (χ2n) is 7.84. The summed E-state index contributed by atoms with van der Waals surface area (Å²) in [5.74, 6) is 2.98. The number of para-hydroxylation sites is 1. The van der Waals surface area contributed by atoms with E-state index in [1.54, 1.807) is 37.0 Å². The quantitative estimate of drug-likeness (QED) is 0.195. The Morgan fingerprint density at radius 1 is 0.946 bits per heavy atom. The second-order valence-corrected chi connectivity index (χ2v) is 8.78. The van der Waals surface area contributed by atoms with Crippen LogP contribution in [-0.4, -0.2) is 40.6 Å². The molecule has 0 radical (unpaired) electrons. The van der Waals surface area contributed by atoms with Gasteiger partial charge in [-0.05, 0) is 61.5 Å². The maximum Gasteiger partial charge on any atom is 0.266 e. The number of aromatic nitrogens is 4. The van der Waals surface area contributed by atoms with Gasteiger partial charge >= 0.3 is 0 Å². The molecule has 9 nitrogen and oxygen atoms in total. The number of methoxy groups -OCH3 is 2. The van der Waals surface area contributed by atoms with Crippen molar-refractivity contribution in [1.82, 2.24) is 19.7 Å². The molecule has 10 heteroatoms. The monoisotopic (exact) mass is 516 g/mol. The molecule has 37 heavy (non-hydrogen) atoms. The Hall–Kier alpha value is -4.31. The van der Waals surface area contributed by atoms with E-state index in [1.165, 1.54) is 11.8 Å². The average molecular weight is 517 g/mol. The Morgan fingerprint density at radius 2 is 1.73 bits per heavy atom. The fourth-order valence-corrected chi connectivity index (χ4v) is 4.67. The van der Waals surface area contributed by atoms with Gasteiger partial charge in [0.15, 0.2) is 16.7 Å². The van der Waals surface area contributed by atoms with Gasteiger partial charge in [-0.2, -0.15) is 0 Å². The Balaban J connectivity index is 1.46. The molecule has 0 aliphatic heterocycles. The molecule has 2 aromatic heterocycles. The van der Waals surface area contributed by atoms with Crippen LogP contribution in [0.4, 0.5) is 0 Å². The smallest absolute Gasteiger partial charge is 0.266 e. The lowest BCUT2D eigenvalue weighted by molar-refractivity contribution is 0.340. The summed E-state index contributed by atoms with van der Waals surface area (Å²) in [5, 5.41) is 9.41. The third-order valence-corrected chi connectivity index (χ3v) is 6.50. The number of hydrogen-bond donors (Lipinski definition) is 0. The lowest BCUT2D eigenvalue weighted by atomic mass is 10.2. The van der Waals surface area contributed by atoms with E-state index in [-0.39, 0.29) is 5.56 Å². The number of fused-ring (bicyclic) bond motifs is 1. The Bertz CT molecular complexity index is 1600. The van der Waals surface area contributed by atoms with Gasteiger partial charge in [-0.1, -0.05) is 23.9 Å². The van der Waals surface area contributed by atoms with Crippen molar-refractivity contribution in [3.05, 3.63) is 83.0 Å². The maximum absolute atomic E-state index is 13.5. The van der Waals surface area contributed by atoms with Crippen LogP contribution in [0.5, 0.6) is 17.2 Å².